The Morgan fingerprint density at radius 3 is 2.26 bits per heavy atom. The van der Waals surface area contributed by atoms with Gasteiger partial charge in [-0.2, -0.15) is 4.68 Å². The van der Waals surface area contributed by atoms with E-state index in [4.69, 9.17) is 28.3 Å². The number of carboxylic acids is 1. The number of nitrogens with zero attached hydrogens (tertiary/aromatic N) is 4. The van der Waals surface area contributed by atoms with Crippen LogP contribution in [0.1, 0.15) is 15.9 Å². The fraction of sp³-hybridized carbons (Fsp3) is 0.0800. The van der Waals surface area contributed by atoms with E-state index in [1.165, 1.54) is 47.4 Å². The number of hydrogen-bond donors (Lipinski definition) is 4. The summed E-state index contributed by atoms with van der Waals surface area (Å²) in [4.78, 5) is 50.0. The van der Waals surface area contributed by atoms with Gasteiger partial charge in [0.2, 0.25) is 5.91 Å². The minimum Gasteiger partial charge on any atom is -0.478 e. The van der Waals surface area contributed by atoms with Crippen LogP contribution in [0.25, 0.3) is 5.69 Å². The third kappa shape index (κ3) is 6.74. The Hall–Kier alpha value is -4.81. The quantitative estimate of drug-likeness (QED) is 0.235. The molecule has 0 unspecified atom stereocenters. The van der Waals surface area contributed by atoms with E-state index in [1.807, 2.05) is 0 Å². The fourth-order valence-corrected chi connectivity index (χ4v) is 3.87. The Labute approximate surface area is 230 Å². The van der Waals surface area contributed by atoms with Gasteiger partial charge in [0.05, 0.1) is 27.0 Å². The molecule has 1 aromatic heterocycles. The number of aromatic nitrogens is 4. The van der Waals surface area contributed by atoms with Gasteiger partial charge in [-0.1, -0.05) is 53.5 Å². The molecule has 0 saturated heterocycles. The first kappa shape index (κ1) is 27.2. The number of carboxylic acid groups (broad SMARTS) is 1. The fourth-order valence-electron chi connectivity index (χ4n) is 3.50. The van der Waals surface area contributed by atoms with E-state index in [0.717, 1.165) is 5.56 Å². The van der Waals surface area contributed by atoms with Crippen LogP contribution in [-0.4, -0.2) is 55.0 Å². The molecule has 12 nitrogen and oxygen atoms in total. The lowest BCUT2D eigenvalue weighted by molar-refractivity contribution is -0.137. The van der Waals surface area contributed by atoms with Gasteiger partial charge in [-0.25, -0.2) is 4.79 Å². The van der Waals surface area contributed by atoms with Crippen molar-refractivity contribution in [2.45, 2.75) is 12.5 Å². The summed E-state index contributed by atoms with van der Waals surface area (Å²) in [5, 5.41) is 27.5. The molecule has 4 aromatic rings. The highest BCUT2D eigenvalue weighted by Crippen LogP contribution is 2.34. The molecule has 4 rings (SSSR count). The van der Waals surface area contributed by atoms with Gasteiger partial charge < -0.3 is 21.1 Å². The molecule has 0 saturated carbocycles. The first-order valence-electron chi connectivity index (χ1n) is 11.2. The van der Waals surface area contributed by atoms with Crippen molar-refractivity contribution in [3.63, 3.8) is 0 Å². The van der Waals surface area contributed by atoms with E-state index in [1.54, 1.807) is 30.3 Å². The third-order valence-electron chi connectivity index (χ3n) is 5.42. The maximum absolute atomic E-state index is 13.1. The Morgan fingerprint density at radius 2 is 1.62 bits per heavy atom. The Morgan fingerprint density at radius 1 is 0.897 bits per heavy atom. The molecule has 0 fully saturated rings. The second kappa shape index (κ2) is 12.2. The second-order valence-corrected chi connectivity index (χ2v) is 8.84. The van der Waals surface area contributed by atoms with E-state index < -0.39 is 29.7 Å². The molecule has 3 aromatic carbocycles. The summed E-state index contributed by atoms with van der Waals surface area (Å²) >= 11 is 12.4. The van der Waals surface area contributed by atoms with Crippen molar-refractivity contribution in [1.82, 2.24) is 25.5 Å². The van der Waals surface area contributed by atoms with Crippen molar-refractivity contribution < 1.29 is 24.3 Å². The molecule has 4 N–H and O–H groups in total. The van der Waals surface area contributed by atoms with Crippen molar-refractivity contribution in [3.8, 4) is 5.69 Å². The number of hydrogen-bond acceptors (Lipinski definition) is 7. The summed E-state index contributed by atoms with van der Waals surface area (Å²) in [6, 6.07) is 16.1. The average Bonchev–Trinajstić information content (AvgIpc) is 3.46. The van der Waals surface area contributed by atoms with Crippen LogP contribution in [-0.2, 0) is 20.8 Å². The van der Waals surface area contributed by atoms with Crippen molar-refractivity contribution >= 4 is 58.3 Å². The highest BCUT2D eigenvalue weighted by molar-refractivity contribution is 6.46. The van der Waals surface area contributed by atoms with Crippen LogP contribution >= 0.6 is 23.2 Å². The summed E-state index contributed by atoms with van der Waals surface area (Å²) in [5.41, 5.74) is 1.30. The monoisotopic (exact) mass is 567 g/mol. The van der Waals surface area contributed by atoms with Crippen LogP contribution in [0.4, 0.5) is 11.4 Å². The molecule has 0 aliphatic rings. The molecule has 0 radical (unpaired) electrons. The van der Waals surface area contributed by atoms with E-state index in [9.17, 15) is 19.2 Å². The molecular weight excluding hydrogens is 549 g/mol. The average molecular weight is 568 g/mol. The smallest absolute Gasteiger partial charge is 0.335 e. The summed E-state index contributed by atoms with van der Waals surface area (Å²) < 4.78 is 1.22. The van der Waals surface area contributed by atoms with E-state index in [0.29, 0.717) is 5.69 Å². The normalized spacial score (nSPS) is 11.3. The van der Waals surface area contributed by atoms with Crippen LogP contribution in [0.15, 0.2) is 73.1 Å². The van der Waals surface area contributed by atoms with E-state index in [-0.39, 0.29) is 33.4 Å². The van der Waals surface area contributed by atoms with E-state index in [2.05, 4.69) is 31.5 Å². The lowest BCUT2D eigenvalue weighted by Crippen LogP contribution is -2.49. The number of anilines is 2. The number of halogens is 2. The maximum Gasteiger partial charge on any atom is 0.335 e. The number of aromatic carboxylic acids is 1. The second-order valence-electron chi connectivity index (χ2n) is 8.05. The number of amides is 3. The number of carbonyl (C=O) groups excluding carboxylic acids is 3. The number of nitrogens with one attached hydrogen (secondary N) is 3. The van der Waals surface area contributed by atoms with Crippen molar-refractivity contribution in [2.24, 2.45) is 0 Å². The van der Waals surface area contributed by atoms with Crippen molar-refractivity contribution in [3.05, 3.63) is 94.2 Å². The lowest BCUT2D eigenvalue weighted by atomic mass is 10.0. The molecule has 0 aliphatic carbocycles. The first-order chi connectivity index (χ1) is 18.7. The molecule has 39 heavy (non-hydrogen) atoms. The van der Waals surface area contributed by atoms with Crippen LogP contribution < -0.4 is 16.0 Å². The summed E-state index contributed by atoms with van der Waals surface area (Å²) in [6.07, 6.45) is 1.32. The van der Waals surface area contributed by atoms with Gasteiger partial charge in [0.15, 0.2) is 0 Å². The highest BCUT2D eigenvalue weighted by Gasteiger charge is 2.26. The molecule has 1 heterocycles. The molecule has 0 bridgehead atoms. The number of benzene rings is 3. The van der Waals surface area contributed by atoms with Crippen molar-refractivity contribution in [1.29, 1.82) is 0 Å². The topological polar surface area (TPSA) is 168 Å². The van der Waals surface area contributed by atoms with Gasteiger partial charge in [-0.05, 0) is 52.4 Å². The van der Waals surface area contributed by atoms with Crippen LogP contribution in [0.3, 0.4) is 0 Å². The molecule has 0 spiro atoms. The SMILES string of the molecule is O=C(Nc1c(-n2cnnn2)ccc(Cl)c1Cl)C(=O)N[C@@H](Cc1ccccc1)C(=O)Nc1ccc(C(=O)O)cc1. The zero-order chi connectivity index (χ0) is 27.9. The van der Waals surface area contributed by atoms with Crippen LogP contribution in [0, 0.1) is 0 Å². The van der Waals surface area contributed by atoms with E-state index >= 15 is 0 Å². The number of rotatable bonds is 8. The predicted octanol–water partition coefficient (Wildman–Crippen LogP) is 2.97. The van der Waals surface area contributed by atoms with Crippen LogP contribution in [0.5, 0.6) is 0 Å². The zero-order valence-electron chi connectivity index (χ0n) is 19.8. The number of tetrazole rings is 1. The minimum atomic E-state index is -1.17. The first-order valence-corrected chi connectivity index (χ1v) is 12.0. The van der Waals surface area contributed by atoms with Gasteiger partial charge in [-0.15, -0.1) is 5.10 Å². The third-order valence-corrected chi connectivity index (χ3v) is 6.22. The zero-order valence-corrected chi connectivity index (χ0v) is 21.3. The predicted molar refractivity (Wildman–Crippen MR) is 142 cm³/mol. The highest BCUT2D eigenvalue weighted by atomic mass is 35.5. The van der Waals surface area contributed by atoms with Crippen molar-refractivity contribution in [2.75, 3.05) is 10.6 Å². The molecule has 198 valence electrons. The molecule has 3 amide bonds. The van der Waals surface area contributed by atoms with Gasteiger partial charge in [0.1, 0.15) is 12.4 Å². The van der Waals surface area contributed by atoms with Gasteiger partial charge in [0, 0.05) is 12.1 Å². The summed E-state index contributed by atoms with van der Waals surface area (Å²) in [7, 11) is 0. The molecule has 1 atom stereocenters. The molecule has 14 heteroatoms. The van der Waals surface area contributed by atoms with Gasteiger partial charge >= 0.3 is 17.8 Å². The standard InChI is InChI=1S/C25H19Cl2N7O5/c26-17-10-11-19(34-13-28-32-33-34)21(20(17)27)31-24(37)23(36)30-18(12-14-4-2-1-3-5-14)22(35)29-16-8-6-15(7-9-16)25(38)39/h1-11,13,18H,12H2,(H,29,35)(H,30,36)(H,31,37)(H,38,39)/t18-/m0/s1. The molecule has 0 aliphatic heterocycles. The maximum atomic E-state index is 13.1. The van der Waals surface area contributed by atoms with Gasteiger partial charge in [-0.3, -0.25) is 14.4 Å². The Bertz CT molecular complexity index is 1510. The Balaban J connectivity index is 1.53. The lowest BCUT2D eigenvalue weighted by Gasteiger charge is -2.19. The summed E-state index contributed by atoms with van der Waals surface area (Å²) in [5.74, 6) is -3.98. The van der Waals surface area contributed by atoms with Gasteiger partial charge in [0.25, 0.3) is 0 Å². The molecular formula is C25H19Cl2N7O5. The summed E-state index contributed by atoms with van der Waals surface area (Å²) in [6.45, 7) is 0. The van der Waals surface area contributed by atoms with Crippen LogP contribution in [0.2, 0.25) is 10.0 Å². The number of carbonyl (C=O) groups is 4. The Kier molecular flexibility index (Phi) is 8.49. The minimum absolute atomic E-state index is 0.0146. The largest absolute Gasteiger partial charge is 0.478 e.